The third kappa shape index (κ3) is 3.82. The molecule has 0 bridgehead atoms. The van der Waals surface area contributed by atoms with E-state index in [0.717, 1.165) is 24.5 Å². The molecule has 0 fully saturated rings. The molecule has 23 heavy (non-hydrogen) atoms. The Morgan fingerprint density at radius 1 is 1.00 bits per heavy atom. The monoisotopic (exact) mass is 329 g/mol. The third-order valence-electron chi connectivity index (χ3n) is 3.04. The van der Waals surface area contributed by atoms with E-state index in [4.69, 9.17) is 0 Å². The highest BCUT2D eigenvalue weighted by atomic mass is 19.4. The third-order valence-corrected chi connectivity index (χ3v) is 3.04. The first-order valence-corrected chi connectivity index (χ1v) is 6.17. The van der Waals surface area contributed by atoms with Crippen LogP contribution < -0.4 is 10.1 Å². The molecule has 6 nitrogen and oxygen atoms in total. The van der Waals surface area contributed by atoms with Gasteiger partial charge in [-0.25, -0.2) is 9.59 Å². The molecule has 0 aliphatic carbocycles. The zero-order chi connectivity index (χ0) is 17.2. The van der Waals surface area contributed by atoms with Crippen molar-refractivity contribution in [3.8, 4) is 5.75 Å². The summed E-state index contributed by atoms with van der Waals surface area (Å²) in [7, 11) is 0. The predicted molar refractivity (Wildman–Crippen MR) is 70.4 cm³/mol. The number of aliphatic carboxylic acids is 2. The number of ether oxygens (including phenoxy) is 1. The van der Waals surface area contributed by atoms with Crippen LogP contribution >= 0.6 is 0 Å². The first kappa shape index (κ1) is 16.4. The molecule has 0 saturated heterocycles. The van der Waals surface area contributed by atoms with Crippen molar-refractivity contribution in [2.45, 2.75) is 12.3 Å². The van der Waals surface area contributed by atoms with Gasteiger partial charge in [0.1, 0.15) is 5.75 Å². The van der Waals surface area contributed by atoms with Crippen LogP contribution in [0.15, 0.2) is 47.8 Å². The van der Waals surface area contributed by atoms with Gasteiger partial charge in [0.2, 0.25) is 0 Å². The molecule has 1 aliphatic rings. The van der Waals surface area contributed by atoms with Gasteiger partial charge < -0.3 is 20.3 Å². The highest BCUT2D eigenvalue weighted by Crippen LogP contribution is 2.35. The lowest BCUT2D eigenvalue weighted by Crippen LogP contribution is -2.24. The van der Waals surface area contributed by atoms with Crippen molar-refractivity contribution in [3.05, 3.63) is 53.4 Å². The van der Waals surface area contributed by atoms with Crippen LogP contribution in [-0.4, -0.2) is 28.5 Å². The second-order valence-corrected chi connectivity index (χ2v) is 4.53. The van der Waals surface area contributed by atoms with Crippen LogP contribution in [0.3, 0.4) is 0 Å². The zero-order valence-electron chi connectivity index (χ0n) is 11.3. The first-order valence-electron chi connectivity index (χ1n) is 6.17. The summed E-state index contributed by atoms with van der Waals surface area (Å²) in [4.78, 5) is 22.5. The highest BCUT2D eigenvalue weighted by Gasteiger charge is 2.33. The Morgan fingerprint density at radius 3 is 1.87 bits per heavy atom. The second-order valence-electron chi connectivity index (χ2n) is 4.53. The number of halogens is 3. The Balaban J connectivity index is 2.37. The van der Waals surface area contributed by atoms with Crippen LogP contribution in [0.2, 0.25) is 0 Å². The van der Waals surface area contributed by atoms with Gasteiger partial charge in [-0.05, 0) is 17.7 Å². The quantitative estimate of drug-likeness (QED) is 0.784. The summed E-state index contributed by atoms with van der Waals surface area (Å²) < 4.78 is 40.1. The van der Waals surface area contributed by atoms with Crippen LogP contribution in [0.4, 0.5) is 13.2 Å². The Bertz CT molecular complexity index is 661. The van der Waals surface area contributed by atoms with E-state index in [0.29, 0.717) is 0 Å². The lowest BCUT2D eigenvalue weighted by molar-refractivity contribution is -0.274. The SMILES string of the molecule is O=C(O)C1=CNC=C(C(=O)O)C1c1ccc(OC(F)(F)F)cc1. The first-order chi connectivity index (χ1) is 10.7. The van der Waals surface area contributed by atoms with Gasteiger partial charge in [-0.1, -0.05) is 12.1 Å². The predicted octanol–water partition coefficient (Wildman–Crippen LogP) is 2.21. The molecule has 0 radical (unpaired) electrons. The Kier molecular flexibility index (Phi) is 4.30. The van der Waals surface area contributed by atoms with Crippen LogP contribution in [-0.2, 0) is 9.59 Å². The maximum Gasteiger partial charge on any atom is 0.573 e. The van der Waals surface area contributed by atoms with Gasteiger partial charge in [0, 0.05) is 12.4 Å². The van der Waals surface area contributed by atoms with E-state index in [1.54, 1.807) is 0 Å². The molecule has 122 valence electrons. The molecule has 3 N–H and O–H groups in total. The molecule has 9 heteroatoms. The van der Waals surface area contributed by atoms with Gasteiger partial charge in [0.25, 0.3) is 0 Å². The van der Waals surface area contributed by atoms with Gasteiger partial charge in [0.05, 0.1) is 17.1 Å². The van der Waals surface area contributed by atoms with Crippen LogP contribution in [0.25, 0.3) is 0 Å². The fourth-order valence-electron chi connectivity index (χ4n) is 2.15. The number of alkyl halides is 3. The lowest BCUT2D eigenvalue weighted by atomic mass is 9.84. The second kappa shape index (κ2) is 6.03. The fraction of sp³-hybridized carbons (Fsp3) is 0.143. The Hall–Kier alpha value is -2.97. The summed E-state index contributed by atoms with van der Waals surface area (Å²) in [5.74, 6) is -4.29. The normalized spacial score (nSPS) is 15.3. The standard InChI is InChI=1S/C14H10F3NO5/c15-14(16,17)23-8-3-1-7(2-4-8)11-9(12(19)20)5-18-6-10(11)13(21)22/h1-6,11,18H,(H,19,20)(H,21,22). The Labute approximate surface area is 127 Å². The molecule has 2 rings (SSSR count). The largest absolute Gasteiger partial charge is 0.573 e. The summed E-state index contributed by atoms with van der Waals surface area (Å²) in [5, 5.41) is 20.8. The van der Waals surface area contributed by atoms with Gasteiger partial charge in [-0.3, -0.25) is 0 Å². The molecule has 1 aromatic carbocycles. The smallest absolute Gasteiger partial charge is 0.478 e. The van der Waals surface area contributed by atoms with Crippen LogP contribution in [0.1, 0.15) is 11.5 Å². The molecular formula is C14H10F3NO5. The van der Waals surface area contributed by atoms with E-state index in [-0.39, 0.29) is 16.7 Å². The molecule has 0 saturated carbocycles. The molecule has 0 atom stereocenters. The highest BCUT2D eigenvalue weighted by molar-refractivity contribution is 5.97. The van der Waals surface area contributed by atoms with Crippen molar-refractivity contribution in [2.24, 2.45) is 0 Å². The number of nitrogens with one attached hydrogen (secondary N) is 1. The van der Waals surface area contributed by atoms with Crippen molar-refractivity contribution in [1.82, 2.24) is 5.32 Å². The average Bonchev–Trinajstić information content (AvgIpc) is 2.45. The van der Waals surface area contributed by atoms with Gasteiger partial charge >= 0.3 is 18.3 Å². The summed E-state index contributed by atoms with van der Waals surface area (Å²) in [6.45, 7) is 0. The van der Waals surface area contributed by atoms with Crippen LogP contribution in [0.5, 0.6) is 5.75 Å². The van der Waals surface area contributed by atoms with E-state index >= 15 is 0 Å². The average molecular weight is 329 g/mol. The number of hydrogen-bond donors (Lipinski definition) is 3. The minimum Gasteiger partial charge on any atom is -0.478 e. The minimum absolute atomic E-state index is 0.211. The van der Waals surface area contributed by atoms with Gasteiger partial charge in [0.15, 0.2) is 0 Å². The number of rotatable bonds is 4. The molecule has 1 aliphatic heterocycles. The maximum atomic E-state index is 12.1. The molecule has 1 heterocycles. The van der Waals surface area contributed by atoms with E-state index in [2.05, 4.69) is 10.1 Å². The number of carboxylic acid groups (broad SMARTS) is 2. The van der Waals surface area contributed by atoms with Crippen molar-refractivity contribution >= 4 is 11.9 Å². The number of hydrogen-bond acceptors (Lipinski definition) is 4. The van der Waals surface area contributed by atoms with E-state index in [1.807, 2.05) is 0 Å². The summed E-state index contributed by atoms with van der Waals surface area (Å²) >= 11 is 0. The van der Waals surface area contributed by atoms with Gasteiger partial charge in [-0.2, -0.15) is 0 Å². The van der Waals surface area contributed by atoms with Crippen molar-refractivity contribution in [1.29, 1.82) is 0 Å². The molecule has 0 spiro atoms. The summed E-state index contributed by atoms with van der Waals surface area (Å²) in [6, 6.07) is 4.35. The topological polar surface area (TPSA) is 95.9 Å². The fourth-order valence-corrected chi connectivity index (χ4v) is 2.15. The summed E-state index contributed by atoms with van der Waals surface area (Å²) in [5.41, 5.74) is -0.271. The van der Waals surface area contributed by atoms with Crippen molar-refractivity contribution in [2.75, 3.05) is 0 Å². The van der Waals surface area contributed by atoms with Crippen molar-refractivity contribution in [3.63, 3.8) is 0 Å². The molecule has 0 amide bonds. The van der Waals surface area contributed by atoms with Gasteiger partial charge in [-0.15, -0.1) is 13.2 Å². The number of dihydropyridines is 1. The molecule has 1 aromatic rings. The molecule has 0 aromatic heterocycles. The number of benzene rings is 1. The van der Waals surface area contributed by atoms with E-state index in [9.17, 15) is 33.0 Å². The summed E-state index contributed by atoms with van der Waals surface area (Å²) in [6.07, 6.45) is -2.60. The molecule has 0 unspecified atom stereocenters. The maximum absolute atomic E-state index is 12.1. The van der Waals surface area contributed by atoms with E-state index < -0.39 is 30.0 Å². The number of carbonyl (C=O) groups is 2. The number of carboxylic acids is 2. The van der Waals surface area contributed by atoms with Crippen LogP contribution in [0, 0.1) is 0 Å². The minimum atomic E-state index is -4.85. The Morgan fingerprint density at radius 2 is 1.48 bits per heavy atom. The zero-order valence-corrected chi connectivity index (χ0v) is 11.3. The van der Waals surface area contributed by atoms with Crippen molar-refractivity contribution < 1.29 is 37.7 Å². The van der Waals surface area contributed by atoms with E-state index in [1.165, 1.54) is 12.1 Å². The lowest BCUT2D eigenvalue weighted by Gasteiger charge is -2.23. The molecular weight excluding hydrogens is 319 g/mol.